The lowest BCUT2D eigenvalue weighted by Gasteiger charge is -2.20. The Bertz CT molecular complexity index is 456. The van der Waals surface area contributed by atoms with E-state index in [1.54, 1.807) is 6.92 Å². The van der Waals surface area contributed by atoms with Crippen molar-refractivity contribution in [3.63, 3.8) is 0 Å². The van der Waals surface area contributed by atoms with Gasteiger partial charge in [-0.25, -0.2) is 4.79 Å². The van der Waals surface area contributed by atoms with Crippen molar-refractivity contribution < 1.29 is 19.8 Å². The van der Waals surface area contributed by atoms with Crippen molar-refractivity contribution >= 4 is 11.9 Å². The molecule has 1 aliphatic rings. The summed E-state index contributed by atoms with van der Waals surface area (Å²) in [5, 5.41) is 24.8. The molecule has 7 nitrogen and oxygen atoms in total. The lowest BCUT2D eigenvalue weighted by Crippen LogP contribution is -2.40. The van der Waals surface area contributed by atoms with E-state index >= 15 is 0 Å². The molecule has 2 rings (SSSR count). The second kappa shape index (κ2) is 4.17. The number of hydrogen-bond acceptors (Lipinski definition) is 4. The normalized spacial score (nSPS) is 24.0. The van der Waals surface area contributed by atoms with Gasteiger partial charge in [0.15, 0.2) is 0 Å². The van der Waals surface area contributed by atoms with Gasteiger partial charge in [0.2, 0.25) is 0 Å². The van der Waals surface area contributed by atoms with Crippen LogP contribution >= 0.6 is 0 Å². The highest BCUT2D eigenvalue weighted by molar-refractivity contribution is 5.97. The summed E-state index contributed by atoms with van der Waals surface area (Å²) in [6.45, 7) is 1.73. The Labute approximate surface area is 97.0 Å². The molecule has 3 N–H and O–H groups in total. The smallest absolute Gasteiger partial charge is 0.326 e. The van der Waals surface area contributed by atoms with E-state index in [2.05, 4.69) is 10.2 Å². The Kier molecular flexibility index (Phi) is 2.84. The zero-order valence-corrected chi connectivity index (χ0v) is 9.25. The Morgan fingerprint density at radius 2 is 2.29 bits per heavy atom. The average Bonchev–Trinajstić information content (AvgIpc) is 2.83. The number of likely N-dealkylation sites (tertiary alicyclic amines) is 1. The number of aromatic nitrogens is 2. The summed E-state index contributed by atoms with van der Waals surface area (Å²) in [4.78, 5) is 24.2. The topological polar surface area (TPSA) is 107 Å². The quantitative estimate of drug-likeness (QED) is 0.637. The van der Waals surface area contributed by atoms with Crippen LogP contribution in [0.1, 0.15) is 22.5 Å². The third-order valence-electron chi connectivity index (χ3n) is 2.89. The number of carboxylic acids is 1. The molecule has 1 amide bonds. The monoisotopic (exact) mass is 239 g/mol. The van der Waals surface area contributed by atoms with Gasteiger partial charge in [0.25, 0.3) is 5.91 Å². The summed E-state index contributed by atoms with van der Waals surface area (Å²) in [7, 11) is 0. The van der Waals surface area contributed by atoms with E-state index < -0.39 is 24.0 Å². The van der Waals surface area contributed by atoms with Gasteiger partial charge in [-0.3, -0.25) is 9.89 Å². The molecule has 2 heterocycles. The number of rotatable bonds is 2. The number of hydrogen-bond donors (Lipinski definition) is 3. The Morgan fingerprint density at radius 3 is 2.82 bits per heavy atom. The van der Waals surface area contributed by atoms with Crippen molar-refractivity contribution in [3.8, 4) is 0 Å². The van der Waals surface area contributed by atoms with Crippen molar-refractivity contribution in [2.45, 2.75) is 25.5 Å². The van der Waals surface area contributed by atoms with Gasteiger partial charge in [0.05, 0.1) is 17.9 Å². The second-order valence-corrected chi connectivity index (χ2v) is 4.11. The van der Waals surface area contributed by atoms with Gasteiger partial charge < -0.3 is 15.1 Å². The van der Waals surface area contributed by atoms with Gasteiger partial charge >= 0.3 is 5.97 Å². The molecule has 1 aromatic heterocycles. The van der Waals surface area contributed by atoms with Gasteiger partial charge in [-0.15, -0.1) is 0 Å². The van der Waals surface area contributed by atoms with E-state index in [4.69, 9.17) is 5.11 Å². The third-order valence-corrected chi connectivity index (χ3v) is 2.89. The summed E-state index contributed by atoms with van der Waals surface area (Å²) >= 11 is 0. The Balaban J connectivity index is 2.25. The first-order valence-electron chi connectivity index (χ1n) is 5.22. The number of nitrogens with one attached hydrogen (secondary N) is 1. The number of amides is 1. The number of aryl methyl sites for hydroxylation is 1. The highest BCUT2D eigenvalue weighted by atomic mass is 16.4. The molecule has 1 aliphatic heterocycles. The largest absolute Gasteiger partial charge is 0.480 e. The van der Waals surface area contributed by atoms with Crippen molar-refractivity contribution in [1.29, 1.82) is 0 Å². The van der Waals surface area contributed by atoms with Crippen LogP contribution in [0.5, 0.6) is 0 Å². The van der Waals surface area contributed by atoms with Crippen molar-refractivity contribution in [2.75, 3.05) is 6.54 Å². The molecule has 1 aromatic rings. The molecule has 92 valence electrons. The highest BCUT2D eigenvalue weighted by Gasteiger charge is 2.39. The zero-order valence-electron chi connectivity index (χ0n) is 9.25. The van der Waals surface area contributed by atoms with Crippen molar-refractivity contribution in [2.24, 2.45) is 0 Å². The molecule has 0 bridgehead atoms. The van der Waals surface area contributed by atoms with Gasteiger partial charge in [0, 0.05) is 18.7 Å². The number of carboxylic acid groups (broad SMARTS) is 1. The summed E-state index contributed by atoms with van der Waals surface area (Å²) < 4.78 is 0. The summed E-state index contributed by atoms with van der Waals surface area (Å²) in [6.07, 6.45) is 0.645. The van der Waals surface area contributed by atoms with Crippen LogP contribution < -0.4 is 0 Å². The first-order chi connectivity index (χ1) is 8.00. The van der Waals surface area contributed by atoms with Crippen molar-refractivity contribution in [1.82, 2.24) is 15.1 Å². The Hall–Kier alpha value is -1.89. The fourth-order valence-electron chi connectivity index (χ4n) is 1.99. The third kappa shape index (κ3) is 2.01. The fraction of sp³-hybridized carbons (Fsp3) is 0.500. The van der Waals surface area contributed by atoms with Crippen LogP contribution in [0.15, 0.2) is 6.20 Å². The number of H-pyrrole nitrogens is 1. The van der Waals surface area contributed by atoms with Gasteiger partial charge in [-0.2, -0.15) is 5.10 Å². The van der Waals surface area contributed by atoms with Crippen LogP contribution in [0.25, 0.3) is 0 Å². The standard InChI is InChI=1S/C10H13N3O4/c1-5-7(3-11-12-5)9(15)13-4-6(14)2-8(13)10(16)17/h3,6,8,14H,2,4H2,1H3,(H,11,12)(H,16,17)/t6-,8-/m1/s1. The van der Waals surface area contributed by atoms with E-state index in [9.17, 15) is 14.7 Å². The van der Waals surface area contributed by atoms with Crippen molar-refractivity contribution in [3.05, 3.63) is 17.5 Å². The minimum absolute atomic E-state index is 0.0421. The lowest BCUT2D eigenvalue weighted by molar-refractivity contribution is -0.141. The predicted molar refractivity (Wildman–Crippen MR) is 56.4 cm³/mol. The SMILES string of the molecule is Cc1[nH]ncc1C(=O)N1C[C@H](O)C[C@@H]1C(=O)O. The minimum Gasteiger partial charge on any atom is -0.480 e. The average molecular weight is 239 g/mol. The summed E-state index contributed by atoms with van der Waals surface area (Å²) in [5.74, 6) is -1.52. The number of nitrogens with zero attached hydrogens (tertiary/aromatic N) is 2. The predicted octanol–water partition coefficient (Wildman–Crippen LogP) is -0.622. The number of aliphatic carboxylic acids is 1. The van der Waals surface area contributed by atoms with Crippen LogP contribution in [0.2, 0.25) is 0 Å². The highest BCUT2D eigenvalue weighted by Crippen LogP contribution is 2.21. The molecule has 7 heteroatoms. The molecule has 2 atom stereocenters. The summed E-state index contributed by atoms with van der Waals surface area (Å²) in [6, 6.07) is -0.966. The number of carbonyl (C=O) groups excluding carboxylic acids is 1. The van der Waals surface area contributed by atoms with Crippen LogP contribution in [0.3, 0.4) is 0 Å². The molecule has 0 unspecified atom stereocenters. The molecular formula is C10H13N3O4. The summed E-state index contributed by atoms with van der Waals surface area (Å²) in [5.41, 5.74) is 0.922. The first-order valence-corrected chi connectivity index (χ1v) is 5.22. The van der Waals surface area contributed by atoms with E-state index in [-0.39, 0.29) is 13.0 Å². The number of aromatic amines is 1. The zero-order chi connectivity index (χ0) is 12.6. The van der Waals surface area contributed by atoms with E-state index in [1.165, 1.54) is 11.1 Å². The number of carbonyl (C=O) groups is 2. The van der Waals surface area contributed by atoms with Crippen LogP contribution in [-0.4, -0.2) is 55.9 Å². The Morgan fingerprint density at radius 1 is 1.59 bits per heavy atom. The molecule has 1 saturated heterocycles. The van der Waals surface area contributed by atoms with E-state index in [1.807, 2.05) is 0 Å². The maximum absolute atomic E-state index is 12.1. The molecular weight excluding hydrogens is 226 g/mol. The van der Waals surface area contributed by atoms with Crippen LogP contribution in [-0.2, 0) is 4.79 Å². The maximum Gasteiger partial charge on any atom is 0.326 e. The molecule has 0 spiro atoms. The molecule has 0 aromatic carbocycles. The molecule has 1 fully saturated rings. The van der Waals surface area contributed by atoms with Crippen LogP contribution in [0, 0.1) is 6.92 Å². The first kappa shape index (κ1) is 11.6. The number of aliphatic hydroxyl groups is 1. The van der Waals surface area contributed by atoms with E-state index in [0.717, 1.165) is 0 Å². The molecule has 0 aliphatic carbocycles. The van der Waals surface area contributed by atoms with E-state index in [0.29, 0.717) is 11.3 Å². The molecule has 0 saturated carbocycles. The molecule has 0 radical (unpaired) electrons. The number of β-amino-alcohol motifs (C(OH)–C–C–N with tert-alkyl or cyclic N) is 1. The second-order valence-electron chi connectivity index (χ2n) is 4.11. The number of aliphatic hydroxyl groups excluding tert-OH is 1. The minimum atomic E-state index is -1.10. The lowest BCUT2D eigenvalue weighted by atomic mass is 10.2. The van der Waals surface area contributed by atoms with Gasteiger partial charge in [-0.05, 0) is 6.92 Å². The fourth-order valence-corrected chi connectivity index (χ4v) is 1.99. The van der Waals surface area contributed by atoms with Crippen LogP contribution in [0.4, 0.5) is 0 Å². The molecule has 17 heavy (non-hydrogen) atoms. The maximum atomic E-state index is 12.1. The van der Waals surface area contributed by atoms with Gasteiger partial charge in [-0.1, -0.05) is 0 Å². The van der Waals surface area contributed by atoms with Gasteiger partial charge in [0.1, 0.15) is 6.04 Å².